The largest absolute Gasteiger partial charge is 0.323 e. The molecule has 28 heavy (non-hydrogen) atoms. The highest BCUT2D eigenvalue weighted by atomic mass is 32.2. The van der Waals surface area contributed by atoms with Crippen molar-refractivity contribution in [3.8, 4) is 11.4 Å². The summed E-state index contributed by atoms with van der Waals surface area (Å²) in [6.07, 6.45) is 7.08. The Kier molecular flexibility index (Phi) is 5.16. The molecule has 0 aliphatic carbocycles. The van der Waals surface area contributed by atoms with Crippen molar-refractivity contribution >= 4 is 23.4 Å². The first-order valence-electron chi connectivity index (χ1n) is 8.39. The second-order valence-electron chi connectivity index (χ2n) is 5.73. The Morgan fingerprint density at radius 3 is 2.54 bits per heavy atom. The molecular formula is C19H15FN6OS. The lowest BCUT2D eigenvalue weighted by molar-refractivity contribution is -0.113. The lowest BCUT2D eigenvalue weighted by Gasteiger charge is -2.11. The Labute approximate surface area is 164 Å². The number of anilines is 1. The monoisotopic (exact) mass is 394 g/mol. The number of halogens is 1. The standard InChI is InChI=1S/C19H15FN6OS/c20-15-5-1-2-6-16(15)22-17(27)13-28-19-24-23-18(14-7-9-21-10-8-14)26(19)25-11-3-4-12-25/h1-12H,13H2,(H,22,27). The number of rotatable bonds is 6. The highest BCUT2D eigenvalue weighted by molar-refractivity contribution is 7.99. The summed E-state index contributed by atoms with van der Waals surface area (Å²) in [6, 6.07) is 13.5. The lowest BCUT2D eigenvalue weighted by atomic mass is 10.2. The van der Waals surface area contributed by atoms with Crippen LogP contribution in [-0.4, -0.2) is 36.2 Å². The zero-order chi connectivity index (χ0) is 19.3. The second kappa shape index (κ2) is 8.05. The van der Waals surface area contributed by atoms with Crippen molar-refractivity contribution in [3.63, 3.8) is 0 Å². The van der Waals surface area contributed by atoms with Crippen LogP contribution in [0.25, 0.3) is 11.4 Å². The van der Waals surface area contributed by atoms with Gasteiger partial charge in [-0.1, -0.05) is 23.9 Å². The number of nitrogens with one attached hydrogen (secondary N) is 1. The molecule has 0 fully saturated rings. The maximum atomic E-state index is 13.7. The molecule has 0 radical (unpaired) electrons. The minimum absolute atomic E-state index is 0.0596. The molecule has 0 unspecified atom stereocenters. The van der Waals surface area contributed by atoms with Crippen LogP contribution in [0.3, 0.4) is 0 Å². The fourth-order valence-corrected chi connectivity index (χ4v) is 3.32. The van der Waals surface area contributed by atoms with Gasteiger partial charge >= 0.3 is 0 Å². The van der Waals surface area contributed by atoms with E-state index in [1.165, 1.54) is 23.9 Å². The quantitative estimate of drug-likeness (QED) is 0.508. The van der Waals surface area contributed by atoms with Crippen molar-refractivity contribution < 1.29 is 9.18 Å². The summed E-state index contributed by atoms with van der Waals surface area (Å²) >= 11 is 1.21. The summed E-state index contributed by atoms with van der Waals surface area (Å²) in [7, 11) is 0. The minimum Gasteiger partial charge on any atom is -0.323 e. The van der Waals surface area contributed by atoms with Gasteiger partial charge in [-0.15, -0.1) is 10.2 Å². The van der Waals surface area contributed by atoms with Crippen molar-refractivity contribution in [1.82, 2.24) is 24.5 Å². The van der Waals surface area contributed by atoms with Gasteiger partial charge in [0.05, 0.1) is 11.4 Å². The van der Waals surface area contributed by atoms with Crippen LogP contribution in [0, 0.1) is 5.82 Å². The number of aromatic nitrogens is 5. The highest BCUT2D eigenvalue weighted by Gasteiger charge is 2.17. The van der Waals surface area contributed by atoms with E-state index in [4.69, 9.17) is 0 Å². The topological polar surface area (TPSA) is 77.6 Å². The molecule has 0 aliphatic rings. The van der Waals surface area contributed by atoms with E-state index in [9.17, 15) is 9.18 Å². The molecule has 4 rings (SSSR count). The first-order valence-corrected chi connectivity index (χ1v) is 9.37. The molecule has 4 aromatic rings. The number of para-hydroxylation sites is 1. The number of pyridine rings is 1. The van der Waals surface area contributed by atoms with Crippen molar-refractivity contribution in [3.05, 3.63) is 79.1 Å². The molecule has 0 atom stereocenters. The van der Waals surface area contributed by atoms with Gasteiger partial charge in [-0.05, 0) is 36.4 Å². The Balaban J connectivity index is 1.56. The van der Waals surface area contributed by atoms with Crippen LogP contribution in [0.4, 0.5) is 10.1 Å². The summed E-state index contributed by atoms with van der Waals surface area (Å²) in [5.41, 5.74) is 0.997. The smallest absolute Gasteiger partial charge is 0.234 e. The predicted molar refractivity (Wildman–Crippen MR) is 104 cm³/mol. The second-order valence-corrected chi connectivity index (χ2v) is 6.68. The van der Waals surface area contributed by atoms with E-state index in [2.05, 4.69) is 20.5 Å². The molecule has 0 saturated heterocycles. The van der Waals surface area contributed by atoms with Crippen LogP contribution in [-0.2, 0) is 4.79 Å². The molecule has 0 bridgehead atoms. The zero-order valence-electron chi connectivity index (χ0n) is 14.6. The van der Waals surface area contributed by atoms with Crippen molar-refractivity contribution in [2.75, 3.05) is 11.1 Å². The molecule has 1 amide bonds. The van der Waals surface area contributed by atoms with Gasteiger partial charge in [0.1, 0.15) is 5.82 Å². The Hall–Kier alpha value is -3.46. The molecular weight excluding hydrogens is 379 g/mol. The first kappa shape index (κ1) is 17.9. The van der Waals surface area contributed by atoms with E-state index < -0.39 is 5.82 Å². The molecule has 1 aromatic carbocycles. The van der Waals surface area contributed by atoms with Crippen LogP contribution in [0.5, 0.6) is 0 Å². The van der Waals surface area contributed by atoms with E-state index in [-0.39, 0.29) is 17.3 Å². The highest BCUT2D eigenvalue weighted by Crippen LogP contribution is 2.24. The summed E-state index contributed by atoms with van der Waals surface area (Å²) in [5.74, 6) is -0.126. The van der Waals surface area contributed by atoms with Gasteiger partial charge < -0.3 is 5.32 Å². The number of amides is 1. The van der Waals surface area contributed by atoms with E-state index in [0.717, 1.165) is 5.56 Å². The maximum absolute atomic E-state index is 13.7. The maximum Gasteiger partial charge on any atom is 0.234 e. The first-order chi connectivity index (χ1) is 13.7. The van der Waals surface area contributed by atoms with Gasteiger partial charge in [-0.3, -0.25) is 14.5 Å². The number of hydrogen-bond donors (Lipinski definition) is 1. The fraction of sp³-hybridized carbons (Fsp3) is 0.0526. The normalized spacial score (nSPS) is 10.8. The third-order valence-electron chi connectivity index (χ3n) is 3.85. The van der Waals surface area contributed by atoms with Gasteiger partial charge in [0.2, 0.25) is 11.1 Å². The fourth-order valence-electron chi connectivity index (χ4n) is 2.58. The van der Waals surface area contributed by atoms with E-state index in [1.54, 1.807) is 29.2 Å². The van der Waals surface area contributed by atoms with Gasteiger partial charge in [-0.25, -0.2) is 9.07 Å². The number of nitrogens with zero attached hydrogens (tertiary/aromatic N) is 5. The lowest BCUT2D eigenvalue weighted by Crippen LogP contribution is -2.16. The van der Waals surface area contributed by atoms with Crippen LogP contribution < -0.4 is 5.32 Å². The molecule has 0 spiro atoms. The summed E-state index contributed by atoms with van der Waals surface area (Å²) in [5, 5.41) is 11.6. The zero-order valence-corrected chi connectivity index (χ0v) is 15.4. The van der Waals surface area contributed by atoms with Crippen LogP contribution >= 0.6 is 11.8 Å². The van der Waals surface area contributed by atoms with Crippen LogP contribution in [0.15, 0.2) is 78.5 Å². The van der Waals surface area contributed by atoms with E-state index in [1.807, 2.05) is 41.3 Å². The average molecular weight is 394 g/mol. The Bertz CT molecular complexity index is 1080. The third kappa shape index (κ3) is 3.79. The number of carbonyl (C=O) groups excluding carboxylic acids is 1. The van der Waals surface area contributed by atoms with Gasteiger partial charge in [0, 0.05) is 30.4 Å². The number of carbonyl (C=O) groups is 1. The summed E-state index contributed by atoms with van der Waals surface area (Å²) < 4.78 is 17.3. The van der Waals surface area contributed by atoms with Crippen LogP contribution in [0.1, 0.15) is 0 Å². The number of benzene rings is 1. The number of hydrogen-bond acceptors (Lipinski definition) is 5. The molecule has 3 aromatic heterocycles. The number of thioether (sulfide) groups is 1. The molecule has 9 heteroatoms. The molecule has 3 heterocycles. The predicted octanol–water partition coefficient (Wildman–Crippen LogP) is 3.32. The molecule has 1 N–H and O–H groups in total. The van der Waals surface area contributed by atoms with Crippen LogP contribution in [0.2, 0.25) is 0 Å². The molecule has 0 saturated carbocycles. The summed E-state index contributed by atoms with van der Waals surface area (Å²) in [4.78, 5) is 16.3. The van der Waals surface area contributed by atoms with Crippen molar-refractivity contribution in [2.45, 2.75) is 5.16 Å². The summed E-state index contributed by atoms with van der Waals surface area (Å²) in [6.45, 7) is 0. The van der Waals surface area contributed by atoms with Gasteiger partial charge in [-0.2, -0.15) is 0 Å². The van der Waals surface area contributed by atoms with E-state index in [0.29, 0.717) is 11.0 Å². The van der Waals surface area contributed by atoms with Crippen molar-refractivity contribution in [1.29, 1.82) is 0 Å². The Morgan fingerprint density at radius 2 is 1.79 bits per heavy atom. The van der Waals surface area contributed by atoms with Crippen molar-refractivity contribution in [2.24, 2.45) is 0 Å². The van der Waals surface area contributed by atoms with E-state index >= 15 is 0 Å². The SMILES string of the molecule is O=C(CSc1nnc(-c2ccncc2)n1-n1cccc1)Nc1ccccc1F. The molecule has 7 nitrogen and oxygen atoms in total. The van der Waals surface area contributed by atoms with Gasteiger partial charge in [0.25, 0.3) is 0 Å². The average Bonchev–Trinajstić information content (AvgIpc) is 3.38. The van der Waals surface area contributed by atoms with Gasteiger partial charge in [0.15, 0.2) is 5.82 Å². The Morgan fingerprint density at radius 1 is 1.04 bits per heavy atom. The third-order valence-corrected chi connectivity index (χ3v) is 4.77. The molecule has 0 aliphatic heterocycles. The minimum atomic E-state index is -0.476. The molecule has 140 valence electrons.